The summed E-state index contributed by atoms with van der Waals surface area (Å²) in [4.78, 5) is 22.2. The highest BCUT2D eigenvalue weighted by molar-refractivity contribution is 7.85. The van der Waals surface area contributed by atoms with E-state index in [0.717, 1.165) is 0 Å². The molecule has 0 heterocycles. The van der Waals surface area contributed by atoms with Crippen molar-refractivity contribution in [3.8, 4) is 0 Å². The van der Waals surface area contributed by atoms with Gasteiger partial charge in [0.15, 0.2) is 0 Å². The van der Waals surface area contributed by atoms with Crippen molar-refractivity contribution in [2.24, 2.45) is 0 Å². The molecule has 0 aliphatic carbocycles. The summed E-state index contributed by atoms with van der Waals surface area (Å²) < 4.78 is 12.2. The highest BCUT2D eigenvalue weighted by Crippen LogP contribution is 2.61. The molecule has 206 valence electrons. The molecule has 0 aromatic heterocycles. The van der Waals surface area contributed by atoms with Gasteiger partial charge in [-0.15, -0.1) is 0 Å². The smallest absolute Gasteiger partial charge is 0.335 e. The van der Waals surface area contributed by atoms with Gasteiger partial charge in [-0.05, 0) is 67.6 Å². The Balaban J connectivity index is 0.000000377. The number of carboxylic acids is 2. The molecule has 0 aliphatic heterocycles. The average Bonchev–Trinajstić information content (AvgIpc) is 2.92. The van der Waals surface area contributed by atoms with Crippen LogP contribution < -0.4 is 5.11 Å². The van der Waals surface area contributed by atoms with Crippen molar-refractivity contribution in [2.45, 2.75) is 88.9 Å². The predicted molar refractivity (Wildman–Crippen MR) is 155 cm³/mol. The maximum atomic E-state index is 12.2. The largest absolute Gasteiger partial charge is 0.545 e. The van der Waals surface area contributed by atoms with Gasteiger partial charge in [0, 0.05) is 17.1 Å². The van der Waals surface area contributed by atoms with E-state index in [9.17, 15) is 18.9 Å². The van der Waals surface area contributed by atoms with Gasteiger partial charge < -0.3 is 15.0 Å². The number of carbonyl (C=O) groups excluding carboxylic acids is 1. The maximum Gasteiger partial charge on any atom is 0.335 e. The van der Waals surface area contributed by atoms with Gasteiger partial charge >= 0.3 is 5.97 Å². The van der Waals surface area contributed by atoms with Crippen molar-refractivity contribution < 1.29 is 24.0 Å². The van der Waals surface area contributed by atoms with E-state index in [-0.39, 0.29) is 11.1 Å². The molecule has 2 aromatic rings. The molecule has 1 atom stereocenters. The lowest BCUT2D eigenvalue weighted by atomic mass is 10.2. The zero-order chi connectivity index (χ0) is 27.7. The molecule has 1 N–H and O–H groups in total. The molecule has 1 unspecified atom stereocenters. The van der Waals surface area contributed by atoms with Crippen molar-refractivity contribution in [1.29, 1.82) is 0 Å². The summed E-state index contributed by atoms with van der Waals surface area (Å²) in [5.41, 5.74) is 0.116. The van der Waals surface area contributed by atoms with Crippen LogP contribution >= 0.6 is 7.26 Å². The lowest BCUT2D eigenvalue weighted by Gasteiger charge is -2.28. The van der Waals surface area contributed by atoms with Crippen LogP contribution in [0.1, 0.15) is 99.8 Å². The SMILES string of the molecule is CCCC[P+](CCCC)(CCCC)CCCC.O=C([O-])c1ccc(S(=O)c2ccc(C(=O)O)cc2)cc1. The van der Waals surface area contributed by atoms with E-state index in [2.05, 4.69) is 27.7 Å². The van der Waals surface area contributed by atoms with Crippen LogP contribution in [0, 0.1) is 0 Å². The summed E-state index contributed by atoms with van der Waals surface area (Å²) in [5, 5.41) is 19.4. The highest BCUT2D eigenvalue weighted by atomic mass is 32.2. The van der Waals surface area contributed by atoms with Gasteiger partial charge in [-0.1, -0.05) is 65.5 Å². The van der Waals surface area contributed by atoms with Gasteiger partial charge in [0.25, 0.3) is 0 Å². The first kappa shape index (κ1) is 33.0. The van der Waals surface area contributed by atoms with E-state index in [1.165, 1.54) is 99.9 Å². The molecular formula is C30H45O5PS. The van der Waals surface area contributed by atoms with E-state index >= 15 is 0 Å². The van der Waals surface area contributed by atoms with Crippen molar-refractivity contribution in [1.82, 2.24) is 0 Å². The van der Waals surface area contributed by atoms with E-state index in [0.29, 0.717) is 9.79 Å². The van der Waals surface area contributed by atoms with Gasteiger partial charge in [-0.3, -0.25) is 0 Å². The van der Waals surface area contributed by atoms with Gasteiger partial charge in [0.05, 0.1) is 47.0 Å². The Labute approximate surface area is 226 Å². The fraction of sp³-hybridized carbons (Fsp3) is 0.533. The molecule has 0 saturated heterocycles. The van der Waals surface area contributed by atoms with Crippen LogP contribution in [0.4, 0.5) is 0 Å². The molecule has 0 bridgehead atoms. The number of unbranched alkanes of at least 4 members (excludes halogenated alkanes) is 4. The molecule has 0 aliphatic rings. The molecule has 0 spiro atoms. The maximum absolute atomic E-state index is 12.2. The molecule has 0 fully saturated rings. The second-order valence-corrected chi connectivity index (χ2v) is 15.5. The average molecular weight is 549 g/mol. The first-order valence-corrected chi connectivity index (χ1v) is 17.3. The summed E-state index contributed by atoms with van der Waals surface area (Å²) in [6, 6.07) is 11.2. The summed E-state index contributed by atoms with van der Waals surface area (Å²) in [6.45, 7) is 9.42. The third kappa shape index (κ3) is 11.9. The van der Waals surface area contributed by atoms with Crippen LogP contribution in [-0.2, 0) is 10.8 Å². The first-order valence-electron chi connectivity index (χ1n) is 13.6. The molecule has 2 aromatic carbocycles. The van der Waals surface area contributed by atoms with Crippen LogP contribution in [0.25, 0.3) is 0 Å². The third-order valence-corrected chi connectivity index (χ3v) is 13.0. The van der Waals surface area contributed by atoms with E-state index in [4.69, 9.17) is 5.11 Å². The lowest BCUT2D eigenvalue weighted by Crippen LogP contribution is -2.22. The number of rotatable bonds is 16. The van der Waals surface area contributed by atoms with Gasteiger partial charge in [0.2, 0.25) is 0 Å². The Kier molecular flexibility index (Phi) is 16.3. The molecular weight excluding hydrogens is 503 g/mol. The number of aromatic carboxylic acids is 2. The number of benzene rings is 2. The minimum atomic E-state index is -1.50. The number of hydrogen-bond acceptors (Lipinski definition) is 4. The molecule has 7 heteroatoms. The predicted octanol–water partition coefficient (Wildman–Crippen LogP) is 7.12. The molecule has 37 heavy (non-hydrogen) atoms. The lowest BCUT2D eigenvalue weighted by molar-refractivity contribution is -0.255. The third-order valence-electron chi connectivity index (χ3n) is 6.56. The van der Waals surface area contributed by atoms with Crippen LogP contribution in [0.2, 0.25) is 0 Å². The first-order chi connectivity index (χ1) is 17.7. The Hall–Kier alpha value is -2.04. The second-order valence-electron chi connectivity index (χ2n) is 9.56. The van der Waals surface area contributed by atoms with Crippen LogP contribution in [-0.4, -0.2) is 45.9 Å². The molecule has 2 rings (SSSR count). The van der Waals surface area contributed by atoms with E-state index in [1.807, 2.05) is 0 Å². The Morgan fingerprint density at radius 1 is 0.676 bits per heavy atom. The van der Waals surface area contributed by atoms with Gasteiger partial charge in [-0.25, -0.2) is 9.00 Å². The highest BCUT2D eigenvalue weighted by Gasteiger charge is 2.34. The fourth-order valence-electron chi connectivity index (χ4n) is 4.22. The monoisotopic (exact) mass is 548 g/mol. The quantitative estimate of drug-likeness (QED) is 0.225. The number of hydrogen-bond donors (Lipinski definition) is 1. The van der Waals surface area contributed by atoms with Crippen LogP contribution in [0.15, 0.2) is 58.3 Å². The zero-order valence-corrected chi connectivity index (χ0v) is 24.8. The number of carbonyl (C=O) groups is 2. The van der Waals surface area contributed by atoms with Crippen LogP contribution in [0.3, 0.4) is 0 Å². The van der Waals surface area contributed by atoms with Crippen molar-refractivity contribution >= 4 is 30.0 Å². The van der Waals surface area contributed by atoms with Crippen LogP contribution in [0.5, 0.6) is 0 Å². The summed E-state index contributed by atoms with van der Waals surface area (Å²) in [5.74, 6) is -2.35. The van der Waals surface area contributed by atoms with E-state index < -0.39 is 30.0 Å². The van der Waals surface area contributed by atoms with Gasteiger partial charge in [-0.2, -0.15) is 0 Å². The minimum Gasteiger partial charge on any atom is -0.545 e. The standard InChI is InChI=1S/C16H36P.C14H10O5S/c1-5-9-13-17(14-10-6-2,15-11-7-3)16-12-8-4;15-13(16)9-1-5-11(6-2-9)20(19)12-7-3-10(4-8-12)14(17)18/h5-16H2,1-4H3;1-8H,(H,15,16)(H,17,18)/q+1;/p-1. The van der Waals surface area contributed by atoms with Crippen molar-refractivity contribution in [2.75, 3.05) is 24.6 Å². The van der Waals surface area contributed by atoms with E-state index in [1.54, 1.807) is 24.6 Å². The summed E-state index contributed by atoms with van der Waals surface area (Å²) in [7, 11) is -2.06. The number of carboxylic acid groups (broad SMARTS) is 2. The van der Waals surface area contributed by atoms with Crippen molar-refractivity contribution in [3.63, 3.8) is 0 Å². The molecule has 0 radical (unpaired) electrons. The summed E-state index contributed by atoms with van der Waals surface area (Å²) >= 11 is 0. The topological polar surface area (TPSA) is 94.5 Å². The minimum absolute atomic E-state index is 0.00646. The zero-order valence-electron chi connectivity index (χ0n) is 23.0. The normalized spacial score (nSPS) is 11.9. The molecule has 5 nitrogen and oxygen atoms in total. The Morgan fingerprint density at radius 3 is 1.27 bits per heavy atom. The van der Waals surface area contributed by atoms with Crippen molar-refractivity contribution in [3.05, 3.63) is 59.7 Å². The van der Waals surface area contributed by atoms with Gasteiger partial charge in [0.1, 0.15) is 0 Å². The Bertz CT molecular complexity index is 860. The molecule has 0 amide bonds. The molecule has 0 saturated carbocycles. The fourth-order valence-corrected chi connectivity index (χ4v) is 10.5. The summed E-state index contributed by atoms with van der Waals surface area (Å²) in [6.07, 6.45) is 17.9. The Morgan fingerprint density at radius 2 is 1.00 bits per heavy atom. The second kappa shape index (κ2) is 18.3.